The molecule has 0 spiro atoms. The van der Waals surface area contributed by atoms with Crippen LogP contribution < -0.4 is 14.8 Å². The number of anilines is 1. The number of rotatable bonds is 6. The molecule has 2 amide bonds. The lowest BCUT2D eigenvalue weighted by Gasteiger charge is -2.24. The van der Waals surface area contributed by atoms with Crippen LogP contribution in [-0.4, -0.2) is 43.5 Å². The van der Waals surface area contributed by atoms with Crippen molar-refractivity contribution in [1.29, 1.82) is 0 Å². The Morgan fingerprint density at radius 1 is 1.10 bits per heavy atom. The van der Waals surface area contributed by atoms with E-state index >= 15 is 0 Å². The number of nitrogens with zero attached hydrogens (tertiary/aromatic N) is 1. The summed E-state index contributed by atoms with van der Waals surface area (Å²) < 4.78 is 10.6. The fourth-order valence-electron chi connectivity index (χ4n) is 3.45. The van der Waals surface area contributed by atoms with E-state index in [1.165, 1.54) is 0 Å². The van der Waals surface area contributed by atoms with Gasteiger partial charge in [0.15, 0.2) is 0 Å². The Hall–Kier alpha value is -2.44. The van der Waals surface area contributed by atoms with Crippen LogP contribution in [-0.2, 0) is 16.0 Å². The number of carbonyl (C=O) groups excluding carboxylic acids is 2. The second kappa shape index (κ2) is 9.37. The zero-order valence-corrected chi connectivity index (χ0v) is 17.7. The van der Waals surface area contributed by atoms with Gasteiger partial charge in [0.1, 0.15) is 17.5 Å². The number of carbonyl (C=O) groups is 2. The summed E-state index contributed by atoms with van der Waals surface area (Å²) in [5.41, 5.74) is 1.25. The van der Waals surface area contributed by atoms with E-state index in [1.807, 2.05) is 0 Å². The van der Waals surface area contributed by atoms with Crippen molar-refractivity contribution < 1.29 is 19.1 Å². The van der Waals surface area contributed by atoms with Gasteiger partial charge < -0.3 is 19.7 Å². The highest BCUT2D eigenvalue weighted by molar-refractivity contribution is 6.35. The average Bonchev–Trinajstić information content (AvgIpc) is 3.17. The summed E-state index contributed by atoms with van der Waals surface area (Å²) in [5, 5.41) is 3.67. The van der Waals surface area contributed by atoms with Crippen LogP contribution in [0.25, 0.3) is 0 Å². The summed E-state index contributed by atoms with van der Waals surface area (Å²) in [5.74, 6) is 0.842. The highest BCUT2D eigenvalue weighted by Crippen LogP contribution is 2.28. The van der Waals surface area contributed by atoms with Gasteiger partial charge in [0, 0.05) is 33.9 Å². The number of amides is 2. The fraction of sp³-hybridized carbons (Fsp3) is 0.333. The summed E-state index contributed by atoms with van der Waals surface area (Å²) in [6, 6.07) is 9.61. The van der Waals surface area contributed by atoms with Crippen molar-refractivity contribution in [3.8, 4) is 11.5 Å². The monoisotopic (exact) mass is 436 g/mol. The first kappa shape index (κ1) is 21.3. The van der Waals surface area contributed by atoms with Gasteiger partial charge in [-0.15, -0.1) is 0 Å². The lowest BCUT2D eigenvalue weighted by molar-refractivity contribution is -0.136. The van der Waals surface area contributed by atoms with Gasteiger partial charge >= 0.3 is 0 Å². The molecule has 0 aliphatic carbocycles. The highest BCUT2D eigenvalue weighted by atomic mass is 35.5. The van der Waals surface area contributed by atoms with Gasteiger partial charge in [0.2, 0.25) is 11.8 Å². The standard InChI is InChI=1S/C21H22Cl2N2O4/c1-28-17-6-5-13(19(12-17)29-2)8-20(26)25-7-3-4-18(25)21(27)24-16-10-14(22)9-15(23)11-16/h5-6,9-12,18H,3-4,7-8H2,1-2H3,(H,24,27). The van der Waals surface area contributed by atoms with Gasteiger partial charge in [-0.3, -0.25) is 9.59 Å². The van der Waals surface area contributed by atoms with Crippen molar-refractivity contribution in [2.75, 3.05) is 26.1 Å². The van der Waals surface area contributed by atoms with E-state index in [9.17, 15) is 9.59 Å². The largest absolute Gasteiger partial charge is 0.497 e. The number of ether oxygens (including phenoxy) is 2. The topological polar surface area (TPSA) is 67.9 Å². The summed E-state index contributed by atoms with van der Waals surface area (Å²) in [6.45, 7) is 0.533. The molecule has 2 aromatic carbocycles. The lowest BCUT2D eigenvalue weighted by atomic mass is 10.1. The predicted octanol–water partition coefficient (Wildman–Crippen LogP) is 4.18. The van der Waals surface area contributed by atoms with Gasteiger partial charge in [-0.25, -0.2) is 0 Å². The van der Waals surface area contributed by atoms with Gasteiger partial charge in [-0.2, -0.15) is 0 Å². The lowest BCUT2D eigenvalue weighted by Crippen LogP contribution is -2.43. The zero-order chi connectivity index (χ0) is 21.0. The minimum Gasteiger partial charge on any atom is -0.497 e. The Labute approximate surface area is 179 Å². The third kappa shape index (κ3) is 5.14. The molecule has 8 heteroatoms. The first-order chi connectivity index (χ1) is 13.9. The number of methoxy groups -OCH3 is 2. The predicted molar refractivity (Wildman–Crippen MR) is 113 cm³/mol. The molecule has 1 atom stereocenters. The second-order valence-corrected chi connectivity index (χ2v) is 7.62. The third-order valence-corrected chi connectivity index (χ3v) is 5.28. The van der Waals surface area contributed by atoms with Crippen molar-refractivity contribution in [3.63, 3.8) is 0 Å². The molecule has 1 aliphatic heterocycles. The van der Waals surface area contributed by atoms with Crippen LogP contribution in [0, 0.1) is 0 Å². The van der Waals surface area contributed by atoms with Crippen LogP contribution in [0.4, 0.5) is 5.69 Å². The second-order valence-electron chi connectivity index (χ2n) is 6.75. The van der Waals surface area contributed by atoms with Gasteiger partial charge in [-0.05, 0) is 37.1 Å². The molecule has 1 unspecified atom stereocenters. The van der Waals surface area contributed by atoms with Crippen LogP contribution in [0.2, 0.25) is 10.0 Å². The molecule has 1 fully saturated rings. The van der Waals surface area contributed by atoms with E-state index in [4.69, 9.17) is 32.7 Å². The Kier molecular flexibility index (Phi) is 6.87. The highest BCUT2D eigenvalue weighted by Gasteiger charge is 2.34. The summed E-state index contributed by atoms with van der Waals surface area (Å²) >= 11 is 12.0. The van der Waals surface area contributed by atoms with E-state index in [0.717, 1.165) is 12.0 Å². The third-order valence-electron chi connectivity index (χ3n) is 4.84. The average molecular weight is 437 g/mol. The first-order valence-electron chi connectivity index (χ1n) is 9.18. The quantitative estimate of drug-likeness (QED) is 0.736. The van der Waals surface area contributed by atoms with Crippen molar-refractivity contribution >= 4 is 40.7 Å². The maximum absolute atomic E-state index is 12.9. The molecular formula is C21H22Cl2N2O4. The smallest absolute Gasteiger partial charge is 0.247 e. The zero-order valence-electron chi connectivity index (χ0n) is 16.2. The molecule has 2 aromatic rings. The van der Waals surface area contributed by atoms with Crippen LogP contribution in [0.1, 0.15) is 18.4 Å². The molecule has 0 bridgehead atoms. The van der Waals surface area contributed by atoms with Crippen molar-refractivity contribution in [1.82, 2.24) is 4.90 Å². The van der Waals surface area contributed by atoms with Gasteiger partial charge in [0.25, 0.3) is 0 Å². The van der Waals surface area contributed by atoms with Crippen LogP contribution in [0.15, 0.2) is 36.4 Å². The summed E-state index contributed by atoms with van der Waals surface area (Å²) in [6.07, 6.45) is 1.51. The fourth-order valence-corrected chi connectivity index (χ4v) is 3.98. The summed E-state index contributed by atoms with van der Waals surface area (Å²) in [7, 11) is 3.12. The number of hydrogen-bond donors (Lipinski definition) is 1. The van der Waals surface area contributed by atoms with Crippen molar-refractivity contribution in [2.24, 2.45) is 0 Å². The molecule has 1 N–H and O–H groups in total. The molecular weight excluding hydrogens is 415 g/mol. The Bertz CT molecular complexity index is 899. The van der Waals surface area contributed by atoms with Crippen LogP contribution in [0.3, 0.4) is 0 Å². The van der Waals surface area contributed by atoms with Gasteiger partial charge in [0.05, 0.1) is 20.6 Å². The number of hydrogen-bond acceptors (Lipinski definition) is 4. The molecule has 0 radical (unpaired) electrons. The molecule has 6 nitrogen and oxygen atoms in total. The molecule has 0 aromatic heterocycles. The van der Waals surface area contributed by atoms with Crippen LogP contribution in [0.5, 0.6) is 11.5 Å². The maximum atomic E-state index is 12.9. The number of benzene rings is 2. The molecule has 1 saturated heterocycles. The number of nitrogens with one attached hydrogen (secondary N) is 1. The van der Waals surface area contributed by atoms with Crippen molar-refractivity contribution in [2.45, 2.75) is 25.3 Å². The number of halogens is 2. The summed E-state index contributed by atoms with van der Waals surface area (Å²) in [4.78, 5) is 27.3. The molecule has 1 heterocycles. The van der Waals surface area contributed by atoms with E-state index < -0.39 is 6.04 Å². The molecule has 29 heavy (non-hydrogen) atoms. The van der Waals surface area contributed by atoms with E-state index in [2.05, 4.69) is 5.32 Å². The van der Waals surface area contributed by atoms with E-state index in [-0.39, 0.29) is 18.2 Å². The molecule has 1 aliphatic rings. The number of likely N-dealkylation sites (tertiary alicyclic amines) is 1. The van der Waals surface area contributed by atoms with E-state index in [1.54, 1.807) is 55.5 Å². The Morgan fingerprint density at radius 2 is 1.83 bits per heavy atom. The molecule has 0 saturated carbocycles. The Balaban J connectivity index is 1.71. The minimum atomic E-state index is -0.537. The SMILES string of the molecule is COc1ccc(CC(=O)N2CCCC2C(=O)Nc2cc(Cl)cc(Cl)c2)c(OC)c1. The Morgan fingerprint density at radius 3 is 2.48 bits per heavy atom. The molecule has 3 rings (SSSR count). The van der Waals surface area contributed by atoms with Gasteiger partial charge in [-0.1, -0.05) is 29.3 Å². The maximum Gasteiger partial charge on any atom is 0.247 e. The first-order valence-corrected chi connectivity index (χ1v) is 9.94. The molecule has 154 valence electrons. The minimum absolute atomic E-state index is 0.129. The van der Waals surface area contributed by atoms with Crippen LogP contribution >= 0.6 is 23.2 Å². The van der Waals surface area contributed by atoms with E-state index in [0.29, 0.717) is 40.2 Å². The van der Waals surface area contributed by atoms with Crippen molar-refractivity contribution in [3.05, 3.63) is 52.0 Å². The normalized spacial score (nSPS) is 15.9.